The highest BCUT2D eigenvalue weighted by Gasteiger charge is 2.32. The van der Waals surface area contributed by atoms with Crippen molar-refractivity contribution in [2.45, 2.75) is 31.3 Å². The number of ether oxygens (including phenoxy) is 1. The Kier molecular flexibility index (Phi) is 4.89. The van der Waals surface area contributed by atoms with Crippen molar-refractivity contribution in [2.75, 3.05) is 19.7 Å². The van der Waals surface area contributed by atoms with Crippen molar-refractivity contribution in [3.05, 3.63) is 71.0 Å². The van der Waals surface area contributed by atoms with E-state index >= 15 is 0 Å². The zero-order chi connectivity index (χ0) is 17.9. The first-order valence-electron chi connectivity index (χ1n) is 9.25. The van der Waals surface area contributed by atoms with Gasteiger partial charge in [-0.3, -0.25) is 0 Å². The molecule has 136 valence electrons. The number of rotatable bonds is 1. The molecule has 2 N–H and O–H groups in total. The first kappa shape index (κ1) is 17.0. The van der Waals surface area contributed by atoms with Gasteiger partial charge in [-0.2, -0.15) is 0 Å². The molecule has 26 heavy (non-hydrogen) atoms. The van der Waals surface area contributed by atoms with Crippen molar-refractivity contribution in [2.24, 2.45) is 10.7 Å². The second-order valence-electron chi connectivity index (χ2n) is 6.97. The first-order valence-corrected chi connectivity index (χ1v) is 9.25. The maximum absolute atomic E-state index is 13.5. The van der Waals surface area contributed by atoms with E-state index in [1.54, 1.807) is 0 Å². The van der Waals surface area contributed by atoms with Crippen LogP contribution in [0.3, 0.4) is 0 Å². The molecule has 0 unspecified atom stereocenters. The Balaban J connectivity index is 1.74. The van der Waals surface area contributed by atoms with Crippen molar-refractivity contribution in [3.63, 3.8) is 0 Å². The highest BCUT2D eigenvalue weighted by molar-refractivity contribution is 5.76. The number of hydrogen-bond donors (Lipinski definition) is 1. The Bertz CT molecular complexity index is 790. The van der Waals surface area contributed by atoms with Gasteiger partial charge in [0.25, 0.3) is 6.02 Å². The van der Waals surface area contributed by atoms with E-state index in [4.69, 9.17) is 15.5 Å². The molecule has 0 fully saturated rings. The molecule has 0 bridgehead atoms. The smallest absolute Gasteiger partial charge is 0.288 e. The molecule has 0 spiro atoms. The molecule has 4 nitrogen and oxygen atoms in total. The zero-order valence-corrected chi connectivity index (χ0v) is 14.8. The zero-order valence-electron chi connectivity index (χ0n) is 14.8. The summed E-state index contributed by atoms with van der Waals surface area (Å²) in [5.41, 5.74) is 9.68. The fraction of sp³-hybridized carbons (Fsp3) is 0.381. The summed E-state index contributed by atoms with van der Waals surface area (Å²) in [6, 6.07) is 15.8. The van der Waals surface area contributed by atoms with Crippen LogP contribution in [0.5, 0.6) is 0 Å². The van der Waals surface area contributed by atoms with Gasteiger partial charge in [-0.05, 0) is 48.1 Å². The Labute approximate surface area is 153 Å². The van der Waals surface area contributed by atoms with Crippen LogP contribution < -0.4 is 5.73 Å². The molecule has 2 atom stereocenters. The Morgan fingerprint density at radius 3 is 2.77 bits per heavy atom. The predicted molar refractivity (Wildman–Crippen MR) is 101 cm³/mol. The van der Waals surface area contributed by atoms with Gasteiger partial charge in [0.1, 0.15) is 12.4 Å². The average Bonchev–Trinajstić information content (AvgIpc) is 2.65. The van der Waals surface area contributed by atoms with Crippen LogP contribution in [0.15, 0.2) is 53.5 Å². The summed E-state index contributed by atoms with van der Waals surface area (Å²) in [6.07, 6.45) is 2.84. The minimum Gasteiger partial charge on any atom is -0.463 e. The lowest BCUT2D eigenvalue weighted by Gasteiger charge is -2.39. The topological polar surface area (TPSA) is 50.8 Å². The number of aliphatic imine (C=N–C) groups is 1. The summed E-state index contributed by atoms with van der Waals surface area (Å²) in [5.74, 6) is -0.227. The molecular formula is C21H24FN3O. The van der Waals surface area contributed by atoms with Gasteiger partial charge >= 0.3 is 0 Å². The second kappa shape index (κ2) is 7.46. The van der Waals surface area contributed by atoms with Crippen LogP contribution in [-0.2, 0) is 11.2 Å². The van der Waals surface area contributed by atoms with Crippen LogP contribution in [0.25, 0.3) is 0 Å². The lowest BCUT2D eigenvalue weighted by molar-refractivity contribution is 0.184. The summed E-state index contributed by atoms with van der Waals surface area (Å²) in [5, 5.41) is 0. The third-order valence-corrected chi connectivity index (χ3v) is 5.12. The number of amidine groups is 1. The molecule has 0 saturated heterocycles. The fourth-order valence-corrected chi connectivity index (χ4v) is 3.79. The second-order valence-corrected chi connectivity index (χ2v) is 6.97. The van der Waals surface area contributed by atoms with E-state index in [1.165, 1.54) is 23.3 Å². The molecule has 2 aliphatic heterocycles. The van der Waals surface area contributed by atoms with Gasteiger partial charge in [-0.15, -0.1) is 0 Å². The van der Waals surface area contributed by atoms with E-state index < -0.39 is 0 Å². The third-order valence-electron chi connectivity index (χ3n) is 5.12. The van der Waals surface area contributed by atoms with Crippen LogP contribution in [0.2, 0.25) is 0 Å². The SMILES string of the molecule is N[C@H]1CCC/N=C(/N2CCc3ccccc3[C@@H]2c2ccc(F)cc2)OC1. The Morgan fingerprint density at radius 2 is 1.92 bits per heavy atom. The van der Waals surface area contributed by atoms with Crippen molar-refractivity contribution in [1.29, 1.82) is 0 Å². The molecule has 0 amide bonds. The molecule has 0 aliphatic carbocycles. The third kappa shape index (κ3) is 3.44. The van der Waals surface area contributed by atoms with Crippen molar-refractivity contribution < 1.29 is 9.13 Å². The Hall–Kier alpha value is -2.40. The maximum atomic E-state index is 13.5. The molecule has 5 heteroatoms. The number of nitrogens with two attached hydrogens (primary N) is 1. The van der Waals surface area contributed by atoms with Gasteiger partial charge in [-0.1, -0.05) is 36.4 Å². The van der Waals surface area contributed by atoms with E-state index in [-0.39, 0.29) is 17.9 Å². The quantitative estimate of drug-likeness (QED) is 0.856. The Morgan fingerprint density at radius 1 is 1.12 bits per heavy atom. The van der Waals surface area contributed by atoms with Gasteiger partial charge in [0, 0.05) is 19.1 Å². The first-order chi connectivity index (χ1) is 12.7. The van der Waals surface area contributed by atoms with E-state index in [1.807, 2.05) is 12.1 Å². The maximum Gasteiger partial charge on any atom is 0.288 e. The number of hydrogen-bond acceptors (Lipinski definition) is 4. The van der Waals surface area contributed by atoms with Gasteiger partial charge in [0.2, 0.25) is 0 Å². The number of benzene rings is 2. The van der Waals surface area contributed by atoms with Crippen molar-refractivity contribution in [3.8, 4) is 0 Å². The van der Waals surface area contributed by atoms with Gasteiger partial charge in [0.05, 0.1) is 6.04 Å². The normalized spacial score (nSPS) is 25.3. The van der Waals surface area contributed by atoms with Crippen LogP contribution in [0, 0.1) is 5.82 Å². The average molecular weight is 353 g/mol. The van der Waals surface area contributed by atoms with Gasteiger partial charge in [0.15, 0.2) is 0 Å². The van der Waals surface area contributed by atoms with E-state index in [9.17, 15) is 4.39 Å². The molecule has 0 aromatic heterocycles. The predicted octanol–water partition coefficient (Wildman–Crippen LogP) is 3.27. The molecule has 0 saturated carbocycles. The molecule has 2 heterocycles. The number of halogens is 1. The molecule has 2 aliphatic rings. The number of fused-ring (bicyclic) bond motifs is 1. The lowest BCUT2D eigenvalue weighted by atomic mass is 9.88. The standard InChI is InChI=1S/C21H24FN3O/c22-17-9-7-16(8-10-17)20-19-6-2-1-4-15(19)11-13-25(20)21-24-12-3-5-18(23)14-26-21/h1-2,4,6-10,18,20H,3,5,11-14,23H2/b24-21-/t18-,20-/m0/s1. The van der Waals surface area contributed by atoms with Crippen LogP contribution >= 0.6 is 0 Å². The van der Waals surface area contributed by atoms with E-state index in [0.717, 1.165) is 37.9 Å². The van der Waals surface area contributed by atoms with E-state index in [2.05, 4.69) is 29.2 Å². The van der Waals surface area contributed by atoms with Crippen LogP contribution in [0.1, 0.15) is 35.6 Å². The minimum absolute atomic E-state index is 0.0325. The van der Waals surface area contributed by atoms with Crippen molar-refractivity contribution in [1.82, 2.24) is 4.90 Å². The van der Waals surface area contributed by atoms with E-state index in [0.29, 0.717) is 12.6 Å². The summed E-state index contributed by atoms with van der Waals surface area (Å²) in [4.78, 5) is 6.90. The highest BCUT2D eigenvalue weighted by Crippen LogP contribution is 2.35. The van der Waals surface area contributed by atoms with Gasteiger partial charge < -0.3 is 15.4 Å². The summed E-state index contributed by atoms with van der Waals surface area (Å²) >= 11 is 0. The summed E-state index contributed by atoms with van der Waals surface area (Å²) in [7, 11) is 0. The summed E-state index contributed by atoms with van der Waals surface area (Å²) in [6.45, 7) is 2.01. The minimum atomic E-state index is -0.227. The lowest BCUT2D eigenvalue weighted by Crippen LogP contribution is -2.44. The molecule has 4 rings (SSSR count). The summed E-state index contributed by atoms with van der Waals surface area (Å²) < 4.78 is 19.5. The van der Waals surface area contributed by atoms with Crippen LogP contribution in [0.4, 0.5) is 4.39 Å². The highest BCUT2D eigenvalue weighted by atomic mass is 19.1. The largest absolute Gasteiger partial charge is 0.463 e. The van der Waals surface area contributed by atoms with Gasteiger partial charge in [-0.25, -0.2) is 9.38 Å². The molecule has 2 aromatic carbocycles. The van der Waals surface area contributed by atoms with Crippen molar-refractivity contribution >= 4 is 6.02 Å². The number of nitrogens with zero attached hydrogens (tertiary/aromatic N) is 2. The molecular weight excluding hydrogens is 329 g/mol. The van der Waals surface area contributed by atoms with Crippen LogP contribution in [-0.4, -0.2) is 36.7 Å². The molecule has 2 aromatic rings. The monoisotopic (exact) mass is 353 g/mol. The molecule has 0 radical (unpaired) electrons. The fourth-order valence-electron chi connectivity index (χ4n) is 3.79.